The first-order chi connectivity index (χ1) is 33.7. The first-order valence-corrected chi connectivity index (χ1v) is 27.4. The van der Waals surface area contributed by atoms with Crippen LogP contribution in [0.15, 0.2) is 95.7 Å². The van der Waals surface area contributed by atoms with E-state index in [0.717, 1.165) is 104 Å². The first kappa shape index (κ1) is 48.0. The number of aromatic nitrogens is 4. The number of nitrogens with zero attached hydrogens (tertiary/aromatic N) is 7. The lowest BCUT2D eigenvalue weighted by Gasteiger charge is -2.39. The van der Waals surface area contributed by atoms with Crippen molar-refractivity contribution in [1.29, 1.82) is 0 Å². The van der Waals surface area contributed by atoms with Crippen LogP contribution in [0.3, 0.4) is 0 Å². The predicted molar refractivity (Wildman–Crippen MR) is 276 cm³/mol. The molecule has 2 atom stereocenters. The summed E-state index contributed by atoms with van der Waals surface area (Å²) in [7, 11) is -3.64. The zero-order valence-electron chi connectivity index (χ0n) is 39.7. The second kappa shape index (κ2) is 19.8. The molecule has 3 aliphatic heterocycles. The van der Waals surface area contributed by atoms with Gasteiger partial charge in [0.2, 0.25) is 0 Å². The van der Waals surface area contributed by atoms with Gasteiger partial charge in [0, 0.05) is 91.0 Å². The number of allylic oxidation sites excluding steroid dienone is 1. The van der Waals surface area contributed by atoms with Crippen molar-refractivity contribution < 1.29 is 27.6 Å². The second-order valence-corrected chi connectivity index (χ2v) is 22.7. The number of hydrogen-bond acceptors (Lipinski definition) is 13. The Hall–Kier alpha value is -5.67. The van der Waals surface area contributed by atoms with Crippen LogP contribution in [0.4, 0.5) is 17.1 Å². The molecule has 6 heterocycles. The number of sulfonamides is 1. The number of pyridine rings is 1. The Labute approximate surface area is 415 Å². The van der Waals surface area contributed by atoms with E-state index in [4.69, 9.17) is 26.1 Å². The molecule has 1 aliphatic carbocycles. The summed E-state index contributed by atoms with van der Waals surface area (Å²) in [5.41, 5.74) is 7.18. The van der Waals surface area contributed by atoms with Gasteiger partial charge in [0.25, 0.3) is 21.6 Å². The van der Waals surface area contributed by atoms with E-state index < -0.39 is 31.4 Å². The van der Waals surface area contributed by atoms with Gasteiger partial charge in [-0.2, -0.15) is 5.10 Å². The van der Waals surface area contributed by atoms with E-state index in [1.807, 2.05) is 36.4 Å². The van der Waals surface area contributed by atoms with Gasteiger partial charge in [0.1, 0.15) is 16.9 Å². The third-order valence-electron chi connectivity index (χ3n) is 14.6. The van der Waals surface area contributed by atoms with Crippen molar-refractivity contribution in [2.75, 3.05) is 82.4 Å². The maximum Gasteiger partial charge on any atom is 0.293 e. The zero-order chi connectivity index (χ0) is 48.7. The molecule has 0 spiro atoms. The van der Waals surface area contributed by atoms with Gasteiger partial charge >= 0.3 is 0 Å². The van der Waals surface area contributed by atoms with Crippen LogP contribution in [0.5, 0.6) is 0 Å². The van der Waals surface area contributed by atoms with Crippen LogP contribution >= 0.6 is 11.6 Å². The van der Waals surface area contributed by atoms with E-state index in [9.17, 15) is 23.3 Å². The highest BCUT2D eigenvalue weighted by Gasteiger charge is 2.35. The summed E-state index contributed by atoms with van der Waals surface area (Å²) in [4.78, 5) is 40.8. The molecular weight excluding hydrogens is 948 g/mol. The van der Waals surface area contributed by atoms with Crippen LogP contribution in [0.25, 0.3) is 33.3 Å². The molecule has 0 saturated carbocycles. The summed E-state index contributed by atoms with van der Waals surface area (Å²) < 4.78 is 43.6. The average molecular weight is 1010 g/mol. The Morgan fingerprint density at radius 3 is 2.57 bits per heavy atom. The van der Waals surface area contributed by atoms with E-state index in [1.54, 1.807) is 23.1 Å². The molecule has 0 bridgehead atoms. The first-order valence-electron chi connectivity index (χ1n) is 24.2. The quantitative estimate of drug-likeness (QED) is 0.0628. The lowest BCUT2D eigenvalue weighted by molar-refractivity contribution is -0.384. The Kier molecular flexibility index (Phi) is 13.6. The fraction of sp³-hybridized carbons (Fsp3) is 0.420. The molecule has 10 rings (SSSR count). The zero-order valence-corrected chi connectivity index (χ0v) is 43.3. The topological polar surface area (TPSA) is 193 Å². The number of anilines is 2. The number of benzene rings is 3. The number of carbonyl (C=O) groups excluding carboxylic acids is 1. The standard InChI is InChI=1S/C50H59ClN10O7SSi/c1-50(2)13-11-34(41(24-50)32-3-5-36(51)6-4-32)27-57-15-17-58(18-16-57)37-7-9-40(44(22-37)60-45-21-33-12-14-52-48(33)55-43(45)25-54-60)49(62)56-69(65,66)39-8-10-42(46(23-39)61(63)64)53-26-47-35(31-70)28-59(19-20-68-47)38-29-67-30-38/h3-10,12,14,21-23,25,35,38,47,53H,11,13,15-20,24,26-31H2,1-2,70H3,(H,52,55)(H,56,62)/t35?,47-/m0/s1. The van der Waals surface area contributed by atoms with Crippen LogP contribution in [-0.4, -0.2) is 143 Å². The summed E-state index contributed by atoms with van der Waals surface area (Å²) >= 11 is 6.27. The summed E-state index contributed by atoms with van der Waals surface area (Å²) in [6, 6.07) is 22.3. The maximum absolute atomic E-state index is 14.4. The minimum Gasteiger partial charge on any atom is -0.378 e. The van der Waals surface area contributed by atoms with E-state index in [-0.39, 0.29) is 28.7 Å². The fourth-order valence-corrected chi connectivity index (χ4v) is 12.3. The van der Waals surface area contributed by atoms with Crippen molar-refractivity contribution in [2.45, 2.75) is 56.2 Å². The van der Waals surface area contributed by atoms with Crippen LogP contribution in [0.1, 0.15) is 49.0 Å². The summed E-state index contributed by atoms with van der Waals surface area (Å²) in [6.07, 6.45) is 6.41. The lowest BCUT2D eigenvalue weighted by Crippen LogP contribution is -2.51. The van der Waals surface area contributed by atoms with Crippen LogP contribution in [-0.2, 0) is 19.5 Å². The second-order valence-electron chi connectivity index (χ2n) is 19.8. The largest absolute Gasteiger partial charge is 0.378 e. The lowest BCUT2D eigenvalue weighted by atomic mass is 9.72. The molecule has 368 valence electrons. The van der Waals surface area contributed by atoms with E-state index in [2.05, 4.69) is 60.8 Å². The smallest absolute Gasteiger partial charge is 0.293 e. The number of rotatable bonds is 14. The summed E-state index contributed by atoms with van der Waals surface area (Å²) in [5, 5.41) is 21.9. The highest BCUT2D eigenvalue weighted by Crippen LogP contribution is 2.43. The Morgan fingerprint density at radius 1 is 1.03 bits per heavy atom. The highest BCUT2D eigenvalue weighted by atomic mass is 35.5. The van der Waals surface area contributed by atoms with Crippen LogP contribution < -0.4 is 14.9 Å². The van der Waals surface area contributed by atoms with Gasteiger partial charge < -0.3 is 24.7 Å². The Bertz CT molecular complexity index is 3080. The average Bonchev–Trinajstić information content (AvgIpc) is 3.91. The van der Waals surface area contributed by atoms with Crippen LogP contribution in [0.2, 0.25) is 11.1 Å². The van der Waals surface area contributed by atoms with Gasteiger partial charge in [-0.25, -0.2) is 22.8 Å². The SMILES string of the molecule is CC1(C)CCC(CN2CCN(c3ccc(C(=O)NS(=O)(=O)c4ccc(NC[C@@H]5OCCN(C6COC6)CC5C[SiH3])c([N+](=O)[O-])c4)c(-n4ncc5nc6[nH]ccc6cc54)c3)CC2)=C(c2ccc(Cl)cc2)C1. The van der Waals surface area contributed by atoms with Gasteiger partial charge in [-0.3, -0.25) is 24.7 Å². The number of halogens is 1. The molecule has 4 aliphatic rings. The van der Waals surface area contributed by atoms with Gasteiger partial charge in [-0.1, -0.05) is 49.2 Å². The molecule has 17 nitrogen and oxygen atoms in total. The molecule has 20 heteroatoms. The third-order valence-corrected chi connectivity index (χ3v) is 17.2. The number of amides is 1. The van der Waals surface area contributed by atoms with Crippen molar-refractivity contribution in [3.63, 3.8) is 0 Å². The number of aromatic amines is 1. The molecule has 3 fully saturated rings. The minimum absolute atomic E-state index is 0.0418. The van der Waals surface area contributed by atoms with Crippen molar-refractivity contribution in [2.24, 2.45) is 11.3 Å². The molecule has 3 aromatic heterocycles. The van der Waals surface area contributed by atoms with E-state index >= 15 is 0 Å². The number of nitro groups is 1. The number of nitrogens with one attached hydrogen (secondary N) is 3. The Morgan fingerprint density at radius 2 is 1.83 bits per heavy atom. The Balaban J connectivity index is 0.884. The normalized spacial score (nSPS) is 20.7. The van der Waals surface area contributed by atoms with Crippen LogP contribution in [0, 0.1) is 21.4 Å². The molecule has 3 aromatic carbocycles. The summed E-state index contributed by atoms with van der Waals surface area (Å²) in [5.74, 6) is -0.679. The highest BCUT2D eigenvalue weighted by molar-refractivity contribution is 7.90. The van der Waals surface area contributed by atoms with Crippen molar-refractivity contribution >= 4 is 82.5 Å². The van der Waals surface area contributed by atoms with E-state index in [1.165, 1.54) is 28.8 Å². The molecular formula is C50H59ClN10O7SSi. The number of nitro benzene ring substituents is 1. The number of carbonyl (C=O) groups is 1. The number of H-pyrrole nitrogens is 1. The fourth-order valence-electron chi connectivity index (χ4n) is 10.4. The molecule has 1 amide bonds. The third kappa shape index (κ3) is 10.1. The summed E-state index contributed by atoms with van der Waals surface area (Å²) in [6.45, 7) is 12.6. The monoisotopic (exact) mass is 1010 g/mol. The van der Waals surface area contributed by atoms with E-state index in [0.29, 0.717) is 54.8 Å². The maximum atomic E-state index is 14.4. The van der Waals surface area contributed by atoms with Crippen molar-refractivity contribution in [3.05, 3.63) is 117 Å². The molecule has 3 N–H and O–H groups in total. The molecule has 6 aromatic rings. The van der Waals surface area contributed by atoms with Gasteiger partial charge in [0.05, 0.1) is 64.7 Å². The van der Waals surface area contributed by atoms with Gasteiger partial charge in [-0.15, -0.1) is 0 Å². The predicted octanol–water partition coefficient (Wildman–Crippen LogP) is 6.28. The molecule has 0 radical (unpaired) electrons. The molecule has 70 heavy (non-hydrogen) atoms. The van der Waals surface area contributed by atoms with Crippen molar-refractivity contribution in [1.82, 2.24) is 34.3 Å². The van der Waals surface area contributed by atoms with Gasteiger partial charge in [0.15, 0.2) is 0 Å². The van der Waals surface area contributed by atoms with Gasteiger partial charge in [-0.05, 0) is 96.3 Å². The number of hydrogen-bond donors (Lipinski definition) is 3. The van der Waals surface area contributed by atoms with Crippen molar-refractivity contribution in [3.8, 4) is 5.69 Å². The minimum atomic E-state index is -4.61. The number of ether oxygens (including phenoxy) is 2. The molecule has 3 saturated heterocycles. The number of piperazine rings is 1. The number of fused-ring (bicyclic) bond motifs is 2. The molecule has 1 unspecified atom stereocenters.